The number of fused-ring (bicyclic) bond motifs is 1. The van der Waals surface area contributed by atoms with E-state index in [4.69, 9.17) is 24.3 Å². The van der Waals surface area contributed by atoms with Gasteiger partial charge in [0.05, 0.1) is 31.1 Å². The summed E-state index contributed by atoms with van der Waals surface area (Å²) in [6.07, 6.45) is 1.45. The van der Waals surface area contributed by atoms with Crippen molar-refractivity contribution in [3.05, 3.63) is 36.2 Å². The normalized spacial score (nSPS) is 18.4. The van der Waals surface area contributed by atoms with Crippen LogP contribution in [-0.2, 0) is 15.6 Å². The van der Waals surface area contributed by atoms with Crippen molar-refractivity contribution in [1.29, 1.82) is 0 Å². The number of nitrogen functional groups attached to an aromatic ring is 1. The van der Waals surface area contributed by atoms with Crippen LogP contribution in [-0.4, -0.2) is 71.1 Å². The van der Waals surface area contributed by atoms with E-state index in [-0.39, 0.29) is 33.3 Å². The molecular formula is C33H57N7O4Si2. The molecule has 13 heteroatoms. The molecule has 0 saturated carbocycles. The van der Waals surface area contributed by atoms with Crippen molar-refractivity contribution < 1.29 is 18.5 Å². The van der Waals surface area contributed by atoms with Crippen LogP contribution in [0, 0.1) is 0 Å². The molecule has 0 bridgehead atoms. The van der Waals surface area contributed by atoms with Gasteiger partial charge in [0.2, 0.25) is 28.5 Å². The van der Waals surface area contributed by atoms with E-state index in [2.05, 4.69) is 133 Å². The summed E-state index contributed by atoms with van der Waals surface area (Å²) in [5.74, 6) is 1.26. The molecule has 0 aliphatic carbocycles. The minimum Gasteiger partial charge on any atom is -0.492 e. The Hall–Kier alpha value is -2.56. The van der Waals surface area contributed by atoms with E-state index in [1.54, 1.807) is 6.33 Å². The first-order valence-corrected chi connectivity index (χ1v) is 22.0. The average Bonchev–Trinajstić information content (AvgIpc) is 3.38. The minimum atomic E-state index is -2.21. The summed E-state index contributed by atoms with van der Waals surface area (Å²) >= 11 is 0. The van der Waals surface area contributed by atoms with Gasteiger partial charge in [0, 0.05) is 0 Å². The molecule has 0 radical (unpaired) electrons. The Labute approximate surface area is 278 Å². The molecule has 11 nitrogen and oxygen atoms in total. The van der Waals surface area contributed by atoms with Crippen LogP contribution in [0.4, 0.5) is 5.95 Å². The standard InChI is InChI=1S/C33H57N7O4Si2/c1-30(2,3)45(12,13)43-39-28(40(33(9,10)32(39,7)8)44-46(14,15)31(4,5)6)23-16-18-24(19-17-23)42-21-20-38-22-35-25-26(38)36-29(34)37-27(25)41-11/h16-19,22,28H,20-21H2,1-15H3,(H2,34,36,37). The monoisotopic (exact) mass is 671 g/mol. The molecule has 1 aliphatic rings. The molecule has 1 fully saturated rings. The molecule has 2 N–H and O–H groups in total. The highest BCUT2D eigenvalue weighted by molar-refractivity contribution is 6.74. The molecule has 46 heavy (non-hydrogen) atoms. The molecule has 1 aromatic carbocycles. The highest BCUT2D eigenvalue weighted by Crippen LogP contribution is 2.54. The van der Waals surface area contributed by atoms with Crippen molar-refractivity contribution in [3.8, 4) is 11.6 Å². The van der Waals surface area contributed by atoms with Gasteiger partial charge < -0.3 is 28.8 Å². The lowest BCUT2D eigenvalue weighted by Crippen LogP contribution is -2.58. The van der Waals surface area contributed by atoms with Gasteiger partial charge >= 0.3 is 0 Å². The van der Waals surface area contributed by atoms with E-state index >= 15 is 0 Å². The van der Waals surface area contributed by atoms with Crippen LogP contribution in [0.15, 0.2) is 30.6 Å². The summed E-state index contributed by atoms with van der Waals surface area (Å²) in [6.45, 7) is 33.0. The van der Waals surface area contributed by atoms with Gasteiger partial charge in [0.25, 0.3) is 0 Å². The first kappa shape index (κ1) is 36.3. The van der Waals surface area contributed by atoms with E-state index in [9.17, 15) is 0 Å². The topological polar surface area (TPSA) is 113 Å². The molecule has 0 unspecified atom stereocenters. The maximum Gasteiger partial charge on any atom is 0.246 e. The maximum absolute atomic E-state index is 7.21. The number of benzene rings is 1. The minimum absolute atomic E-state index is 0.0344. The Morgan fingerprint density at radius 3 is 1.78 bits per heavy atom. The van der Waals surface area contributed by atoms with E-state index in [1.807, 2.05) is 16.7 Å². The van der Waals surface area contributed by atoms with Gasteiger partial charge in [-0.15, -0.1) is 0 Å². The Morgan fingerprint density at radius 2 is 1.33 bits per heavy atom. The second-order valence-corrected chi connectivity index (χ2v) is 25.9. The van der Waals surface area contributed by atoms with E-state index < -0.39 is 16.6 Å². The van der Waals surface area contributed by atoms with Crippen molar-refractivity contribution in [3.63, 3.8) is 0 Å². The number of hydroxylamine groups is 4. The van der Waals surface area contributed by atoms with Crippen LogP contribution in [0.2, 0.25) is 36.3 Å². The van der Waals surface area contributed by atoms with Gasteiger partial charge in [-0.3, -0.25) is 0 Å². The highest BCUT2D eigenvalue weighted by atomic mass is 28.4. The van der Waals surface area contributed by atoms with Crippen molar-refractivity contribution in [1.82, 2.24) is 29.6 Å². The fourth-order valence-corrected chi connectivity index (χ4v) is 7.04. The van der Waals surface area contributed by atoms with E-state index in [0.717, 1.165) is 11.3 Å². The molecule has 1 aliphatic heterocycles. The van der Waals surface area contributed by atoms with Crippen molar-refractivity contribution in [2.24, 2.45) is 0 Å². The fraction of sp³-hybridized carbons (Fsp3) is 0.667. The number of hydrogen-bond donors (Lipinski definition) is 1. The fourth-order valence-electron chi connectivity index (χ4n) is 4.85. The number of imidazole rings is 1. The summed E-state index contributed by atoms with van der Waals surface area (Å²) in [7, 11) is -2.87. The quantitative estimate of drug-likeness (QED) is 0.217. The number of hydrogen-bond acceptors (Lipinski definition) is 10. The third-order valence-corrected chi connectivity index (χ3v) is 19.3. The second kappa shape index (κ2) is 12.2. The molecule has 0 amide bonds. The van der Waals surface area contributed by atoms with Gasteiger partial charge in [-0.1, -0.05) is 53.7 Å². The zero-order valence-corrected chi connectivity index (χ0v) is 32.8. The molecule has 3 heterocycles. The number of rotatable bonds is 10. The van der Waals surface area contributed by atoms with Gasteiger partial charge in [-0.25, -0.2) is 4.98 Å². The Morgan fingerprint density at radius 1 is 0.826 bits per heavy atom. The van der Waals surface area contributed by atoms with Crippen molar-refractivity contribution in [2.75, 3.05) is 19.5 Å². The summed E-state index contributed by atoms with van der Waals surface area (Å²) in [6, 6.07) is 8.32. The number of nitrogens with two attached hydrogens (primary N) is 1. The lowest BCUT2D eigenvalue weighted by molar-refractivity contribution is -0.204. The number of nitrogens with zero attached hydrogens (tertiary/aromatic N) is 6. The van der Waals surface area contributed by atoms with E-state index in [0.29, 0.717) is 30.2 Å². The van der Waals surface area contributed by atoms with Crippen LogP contribution >= 0.6 is 0 Å². The van der Waals surface area contributed by atoms with Crippen molar-refractivity contribution >= 4 is 33.7 Å². The molecule has 256 valence electrons. The van der Waals surface area contributed by atoms with Crippen molar-refractivity contribution in [2.45, 2.75) is 129 Å². The maximum atomic E-state index is 7.21. The van der Waals surface area contributed by atoms with Gasteiger partial charge in [0.15, 0.2) is 11.2 Å². The summed E-state index contributed by atoms with van der Waals surface area (Å²) in [4.78, 5) is 12.9. The third-order valence-electron chi connectivity index (χ3n) is 10.7. The van der Waals surface area contributed by atoms with Crippen LogP contribution in [0.1, 0.15) is 81.0 Å². The summed E-state index contributed by atoms with van der Waals surface area (Å²) < 4.78 is 27.8. The first-order chi connectivity index (χ1) is 20.9. The number of methoxy groups -OCH3 is 1. The summed E-state index contributed by atoms with van der Waals surface area (Å²) in [5.41, 5.74) is 7.41. The van der Waals surface area contributed by atoms with Crippen LogP contribution in [0.5, 0.6) is 11.6 Å². The zero-order valence-electron chi connectivity index (χ0n) is 30.8. The third kappa shape index (κ3) is 6.59. The number of ether oxygens (including phenoxy) is 2. The summed E-state index contributed by atoms with van der Waals surface area (Å²) in [5, 5.41) is 4.54. The van der Waals surface area contributed by atoms with Gasteiger partial charge in [-0.2, -0.15) is 20.1 Å². The number of aromatic nitrogens is 4. The first-order valence-electron chi connectivity index (χ1n) is 16.2. The van der Waals surface area contributed by atoms with Gasteiger partial charge in [-0.05, 0) is 81.7 Å². The highest BCUT2D eigenvalue weighted by Gasteiger charge is 2.63. The Balaban J connectivity index is 1.64. The Kier molecular flexibility index (Phi) is 9.59. The van der Waals surface area contributed by atoms with Crippen LogP contribution in [0.3, 0.4) is 0 Å². The molecule has 1 saturated heterocycles. The predicted octanol–water partition coefficient (Wildman–Crippen LogP) is 7.54. The number of anilines is 1. The molecule has 3 aromatic rings. The molecule has 4 rings (SSSR count). The Bertz CT molecular complexity index is 1480. The van der Waals surface area contributed by atoms with E-state index in [1.165, 1.54) is 7.11 Å². The zero-order chi connectivity index (χ0) is 34.7. The SMILES string of the molecule is COc1nc(N)nc2c1ncn2CCOc1ccc(C2N(O[Si](C)(C)C(C)(C)C)C(C)(C)C(C)(C)N2O[Si](C)(C)C(C)(C)C)cc1. The second-order valence-electron chi connectivity index (χ2n) is 16.5. The van der Waals surface area contributed by atoms with Gasteiger partial charge in [0.1, 0.15) is 18.5 Å². The molecule has 0 atom stereocenters. The smallest absolute Gasteiger partial charge is 0.246 e. The molecule has 2 aromatic heterocycles. The predicted molar refractivity (Wildman–Crippen MR) is 189 cm³/mol. The molecular weight excluding hydrogens is 615 g/mol. The molecule has 0 spiro atoms. The lowest BCUT2D eigenvalue weighted by atomic mass is 9.84. The largest absolute Gasteiger partial charge is 0.492 e. The lowest BCUT2D eigenvalue weighted by Gasteiger charge is -2.46. The van der Waals surface area contributed by atoms with Crippen LogP contribution in [0.25, 0.3) is 11.2 Å². The average molecular weight is 672 g/mol. The van der Waals surface area contributed by atoms with Crippen LogP contribution < -0.4 is 15.2 Å².